The summed E-state index contributed by atoms with van der Waals surface area (Å²) in [6.07, 6.45) is 0. The van der Waals surface area contributed by atoms with Crippen LogP contribution in [0.5, 0.6) is 0 Å². The normalized spacial score (nSPS) is 12.9. The lowest BCUT2D eigenvalue weighted by molar-refractivity contribution is -0.0423. The highest BCUT2D eigenvalue weighted by atomic mass is 32.2. The Morgan fingerprint density at radius 3 is 2.10 bits per heavy atom. The van der Waals surface area contributed by atoms with Crippen LogP contribution in [0.4, 0.5) is 18.9 Å². The van der Waals surface area contributed by atoms with Crippen LogP contribution in [0, 0.1) is 11.3 Å². The molecule has 0 saturated carbocycles. The van der Waals surface area contributed by atoms with Gasteiger partial charge in [-0.05, 0) is 17.7 Å². The predicted octanol–water partition coefficient (Wildman–Crippen LogP) is 2.55. The maximum Gasteiger partial charge on any atom is 0.501 e. The molecule has 8 heteroatoms. The van der Waals surface area contributed by atoms with Crippen molar-refractivity contribution in [2.45, 2.75) is 5.51 Å². The smallest absolute Gasteiger partial charge is 0.378 e. The maximum absolute atomic E-state index is 12.3. The average molecular weight is 304 g/mol. The van der Waals surface area contributed by atoms with Gasteiger partial charge in [0.1, 0.15) is 6.07 Å². The Kier molecular flexibility index (Phi) is 4.45. The molecule has 0 N–H and O–H groups in total. The van der Waals surface area contributed by atoms with Gasteiger partial charge in [-0.25, -0.2) is 8.42 Å². The van der Waals surface area contributed by atoms with E-state index in [1.54, 1.807) is 31.1 Å². The van der Waals surface area contributed by atoms with Crippen LogP contribution in [0.3, 0.4) is 0 Å². The molecule has 1 aromatic carbocycles. The molecular formula is C12H11F3N2O2S. The Morgan fingerprint density at radius 1 is 1.25 bits per heavy atom. The quantitative estimate of drug-likeness (QED) is 0.805. The zero-order valence-corrected chi connectivity index (χ0v) is 11.5. The first-order valence-electron chi connectivity index (χ1n) is 5.29. The summed E-state index contributed by atoms with van der Waals surface area (Å²) in [4.78, 5) is 1.76. The first kappa shape index (κ1) is 16.0. The summed E-state index contributed by atoms with van der Waals surface area (Å²) >= 11 is 0. The molecule has 0 radical (unpaired) electrons. The standard InChI is InChI=1S/C12H11F3N2O2S/c1-17(2)11-5-3-9(4-6-11)10(7-16)8-20(18,19)12(13,14)15/h3-6,8H,1-2H3/b10-8+. The van der Waals surface area contributed by atoms with E-state index in [4.69, 9.17) is 5.26 Å². The summed E-state index contributed by atoms with van der Waals surface area (Å²) in [5.41, 5.74) is -5.11. The zero-order valence-electron chi connectivity index (χ0n) is 10.6. The molecule has 0 atom stereocenters. The number of nitrogens with zero attached hydrogens (tertiary/aromatic N) is 2. The first-order valence-corrected chi connectivity index (χ1v) is 6.84. The van der Waals surface area contributed by atoms with Crippen LogP contribution < -0.4 is 4.90 Å². The number of allylic oxidation sites excluding steroid dienone is 1. The third-order valence-electron chi connectivity index (χ3n) is 2.41. The third kappa shape index (κ3) is 3.51. The molecule has 4 nitrogen and oxygen atoms in total. The van der Waals surface area contributed by atoms with E-state index in [1.165, 1.54) is 18.2 Å². The summed E-state index contributed by atoms with van der Waals surface area (Å²) in [6.45, 7) is 0. The molecule has 1 rings (SSSR count). The Hall–Kier alpha value is -2.01. The van der Waals surface area contributed by atoms with Gasteiger partial charge in [0.25, 0.3) is 9.84 Å². The van der Waals surface area contributed by atoms with Crippen LogP contribution >= 0.6 is 0 Å². The highest BCUT2D eigenvalue weighted by Gasteiger charge is 2.44. The minimum Gasteiger partial charge on any atom is -0.378 e. The molecule has 0 saturated heterocycles. The van der Waals surface area contributed by atoms with E-state index in [1.807, 2.05) is 0 Å². The van der Waals surface area contributed by atoms with E-state index in [-0.39, 0.29) is 11.0 Å². The van der Waals surface area contributed by atoms with Gasteiger partial charge in [0, 0.05) is 19.8 Å². The molecule has 0 bridgehead atoms. The van der Waals surface area contributed by atoms with Crippen LogP contribution in [-0.4, -0.2) is 28.0 Å². The largest absolute Gasteiger partial charge is 0.501 e. The number of hydrogen-bond donors (Lipinski definition) is 0. The molecule has 0 aliphatic heterocycles. The van der Waals surface area contributed by atoms with Gasteiger partial charge in [-0.2, -0.15) is 18.4 Å². The number of anilines is 1. The molecule has 1 aromatic rings. The second kappa shape index (κ2) is 5.54. The molecule has 0 aliphatic rings. The molecule has 0 aromatic heterocycles. The van der Waals surface area contributed by atoms with Crippen molar-refractivity contribution in [3.05, 3.63) is 35.2 Å². The number of halogens is 3. The summed E-state index contributed by atoms with van der Waals surface area (Å²) in [7, 11) is -1.94. The summed E-state index contributed by atoms with van der Waals surface area (Å²) < 4.78 is 58.8. The van der Waals surface area contributed by atoms with Crippen molar-refractivity contribution in [2.24, 2.45) is 0 Å². The number of sulfone groups is 1. The lowest BCUT2D eigenvalue weighted by Gasteiger charge is -2.12. The maximum atomic E-state index is 12.3. The van der Waals surface area contributed by atoms with Crippen LogP contribution in [0.15, 0.2) is 29.7 Å². The van der Waals surface area contributed by atoms with Crippen molar-refractivity contribution < 1.29 is 21.6 Å². The first-order chi connectivity index (χ1) is 9.08. The van der Waals surface area contributed by atoms with E-state index >= 15 is 0 Å². The zero-order chi connectivity index (χ0) is 15.6. The highest BCUT2D eigenvalue weighted by molar-refractivity contribution is 7.95. The van der Waals surface area contributed by atoms with E-state index in [9.17, 15) is 21.6 Å². The van der Waals surface area contributed by atoms with Crippen molar-refractivity contribution in [1.82, 2.24) is 0 Å². The van der Waals surface area contributed by atoms with Gasteiger partial charge in [0.2, 0.25) is 0 Å². The van der Waals surface area contributed by atoms with Gasteiger partial charge in [-0.1, -0.05) is 12.1 Å². The van der Waals surface area contributed by atoms with Gasteiger partial charge in [-0.3, -0.25) is 0 Å². The van der Waals surface area contributed by atoms with Crippen LogP contribution in [0.2, 0.25) is 0 Å². The summed E-state index contributed by atoms with van der Waals surface area (Å²) in [5.74, 6) is 0. The second-order valence-electron chi connectivity index (χ2n) is 4.08. The van der Waals surface area contributed by atoms with Gasteiger partial charge in [0.05, 0.1) is 11.0 Å². The van der Waals surface area contributed by atoms with Crippen molar-refractivity contribution in [1.29, 1.82) is 5.26 Å². The predicted molar refractivity (Wildman–Crippen MR) is 69.3 cm³/mol. The molecule has 0 spiro atoms. The van der Waals surface area contributed by atoms with Crippen LogP contribution in [0.1, 0.15) is 5.56 Å². The third-order valence-corrected chi connectivity index (χ3v) is 3.60. The van der Waals surface area contributed by atoms with Crippen molar-refractivity contribution in [3.8, 4) is 6.07 Å². The molecule has 0 aliphatic carbocycles. The lowest BCUT2D eigenvalue weighted by atomic mass is 10.1. The van der Waals surface area contributed by atoms with Crippen molar-refractivity contribution in [2.75, 3.05) is 19.0 Å². The Morgan fingerprint density at radius 2 is 1.75 bits per heavy atom. The van der Waals surface area contributed by atoms with Crippen molar-refractivity contribution >= 4 is 21.1 Å². The second-order valence-corrected chi connectivity index (χ2v) is 5.86. The van der Waals surface area contributed by atoms with Crippen LogP contribution in [-0.2, 0) is 9.84 Å². The number of alkyl halides is 3. The minimum absolute atomic E-state index is 0.0579. The number of hydrogen-bond acceptors (Lipinski definition) is 4. The fourth-order valence-electron chi connectivity index (χ4n) is 1.32. The molecular weight excluding hydrogens is 293 g/mol. The van der Waals surface area contributed by atoms with Crippen molar-refractivity contribution in [3.63, 3.8) is 0 Å². The SMILES string of the molecule is CN(C)c1ccc(/C(C#N)=C/S(=O)(=O)C(F)(F)F)cc1. The molecule has 0 heterocycles. The number of nitriles is 1. The number of rotatable bonds is 3. The molecule has 0 unspecified atom stereocenters. The van der Waals surface area contributed by atoms with E-state index in [0.29, 0.717) is 0 Å². The molecule has 108 valence electrons. The Labute approximate surface area is 114 Å². The minimum atomic E-state index is -5.48. The highest BCUT2D eigenvalue weighted by Crippen LogP contribution is 2.28. The Balaban J connectivity index is 3.25. The van der Waals surface area contributed by atoms with Gasteiger partial charge < -0.3 is 4.90 Å². The topological polar surface area (TPSA) is 61.2 Å². The monoisotopic (exact) mass is 304 g/mol. The fourth-order valence-corrected chi connectivity index (χ4v) is 1.95. The fraction of sp³-hybridized carbons (Fsp3) is 0.250. The summed E-state index contributed by atoms with van der Waals surface area (Å²) in [5, 5.41) is 8.77. The summed E-state index contributed by atoms with van der Waals surface area (Å²) in [6, 6.07) is 7.37. The van der Waals surface area contributed by atoms with Crippen LogP contribution in [0.25, 0.3) is 5.57 Å². The van der Waals surface area contributed by atoms with E-state index < -0.39 is 20.9 Å². The average Bonchev–Trinajstić information content (AvgIpc) is 2.34. The molecule has 20 heavy (non-hydrogen) atoms. The molecule has 0 amide bonds. The molecule has 0 fully saturated rings. The Bertz CT molecular complexity index is 653. The lowest BCUT2D eigenvalue weighted by Crippen LogP contribution is -2.20. The van der Waals surface area contributed by atoms with Gasteiger partial charge in [0.15, 0.2) is 0 Å². The van der Waals surface area contributed by atoms with E-state index in [0.717, 1.165) is 5.69 Å². The van der Waals surface area contributed by atoms with Gasteiger partial charge >= 0.3 is 5.51 Å². The van der Waals surface area contributed by atoms with Gasteiger partial charge in [-0.15, -0.1) is 0 Å². The number of benzene rings is 1. The van der Waals surface area contributed by atoms with E-state index in [2.05, 4.69) is 0 Å².